The molecule has 0 atom stereocenters. The van der Waals surface area contributed by atoms with Crippen LogP contribution in [0.15, 0.2) is 0 Å². The van der Waals surface area contributed by atoms with Crippen LogP contribution in [0.4, 0.5) is 0 Å². The van der Waals surface area contributed by atoms with E-state index in [4.69, 9.17) is 18.9 Å². The summed E-state index contributed by atoms with van der Waals surface area (Å²) < 4.78 is 23.6. The Kier molecular flexibility index (Phi) is 82.8. The molecule has 1 aliphatic rings. The van der Waals surface area contributed by atoms with E-state index in [1.807, 2.05) is 0 Å². The number of hydrogen-bond donors (Lipinski definition) is 2. The standard InChI is InChI=1S/C100H192N6O11/c1-7-13-19-25-31-33-35-47-65-87-114-97(110)73-57-49-61-81-103(79-59-45-37-43-55-75-99(112)116-92(69-51-39-27-21-15-9-3)70-52-40-28-22-16-10-4)85-67-77-101-94(107)89-106(96(109)91-105-83-63-64-84-105)90-95(108)102-78-68-86-104(82-62-50-58-74-98(111)115-88-66-48-36-34-32-26-20-14-8-2)80-60-46-38-44-56-76-100(113)117-93(71-53-41-29-23-17-11-5)72-54-42-30-24-18-12-6/h92-93H,7-91H2,1-6H3,(H,101,107)(H,102,108). The van der Waals surface area contributed by atoms with Crippen molar-refractivity contribution in [2.75, 3.05) is 98.3 Å². The molecule has 3 amide bonds. The number of likely N-dealkylation sites (tertiary alicyclic amines) is 1. The molecule has 117 heavy (non-hydrogen) atoms. The molecule has 17 nitrogen and oxygen atoms in total. The lowest BCUT2D eigenvalue weighted by Crippen LogP contribution is -2.49. The number of rotatable bonds is 92. The highest BCUT2D eigenvalue weighted by Crippen LogP contribution is 2.23. The second-order valence-electron chi connectivity index (χ2n) is 35.5. The molecule has 0 spiro atoms. The summed E-state index contributed by atoms with van der Waals surface area (Å²) in [5, 5.41) is 6.21. The number of esters is 4. The highest BCUT2D eigenvalue weighted by molar-refractivity contribution is 5.90. The summed E-state index contributed by atoms with van der Waals surface area (Å²) in [6, 6.07) is 0. The lowest BCUT2D eigenvalue weighted by Gasteiger charge is -2.25. The number of carbonyl (C=O) groups is 7. The van der Waals surface area contributed by atoms with Crippen molar-refractivity contribution in [3.05, 3.63) is 0 Å². The average Bonchev–Trinajstić information content (AvgIpc) is 1.88. The number of ether oxygens (including phenoxy) is 4. The minimum atomic E-state index is -0.269. The van der Waals surface area contributed by atoms with E-state index in [9.17, 15) is 33.6 Å². The Labute approximate surface area is 722 Å². The summed E-state index contributed by atoms with van der Waals surface area (Å²) in [7, 11) is 0. The topological polar surface area (TPSA) is 193 Å². The number of carbonyl (C=O) groups excluding carboxylic acids is 7. The van der Waals surface area contributed by atoms with Gasteiger partial charge in [0.05, 0.1) is 19.8 Å². The summed E-state index contributed by atoms with van der Waals surface area (Å²) in [6.07, 6.45) is 77.0. The molecular weight excluding hydrogens is 1460 g/mol. The predicted molar refractivity (Wildman–Crippen MR) is 491 cm³/mol. The van der Waals surface area contributed by atoms with Crippen molar-refractivity contribution in [3.63, 3.8) is 0 Å². The number of unbranched alkanes of at least 4 members (excludes halogenated alkanes) is 48. The Balaban J connectivity index is 2.94. The molecule has 0 saturated carbocycles. The van der Waals surface area contributed by atoms with Crippen LogP contribution in [0.25, 0.3) is 0 Å². The zero-order valence-corrected chi connectivity index (χ0v) is 78.0. The van der Waals surface area contributed by atoms with Gasteiger partial charge in [-0.1, -0.05) is 324 Å². The number of hydrogen-bond acceptors (Lipinski definition) is 14. The third-order valence-corrected chi connectivity index (χ3v) is 24.1. The third-order valence-electron chi connectivity index (χ3n) is 24.1. The van der Waals surface area contributed by atoms with Crippen LogP contribution in [0.5, 0.6) is 0 Å². The predicted octanol–water partition coefficient (Wildman–Crippen LogP) is 25.3. The third kappa shape index (κ3) is 76.8. The first-order valence-electron chi connectivity index (χ1n) is 51.1. The normalized spacial score (nSPS) is 12.4. The fraction of sp³-hybridized carbons (Fsp3) is 0.930. The Hall–Kier alpha value is -3.83. The summed E-state index contributed by atoms with van der Waals surface area (Å²) in [5.41, 5.74) is 0. The maximum Gasteiger partial charge on any atom is 0.306 e. The molecule has 2 N–H and O–H groups in total. The molecule has 0 aromatic heterocycles. The van der Waals surface area contributed by atoms with Gasteiger partial charge in [0.25, 0.3) is 0 Å². The fourth-order valence-corrected chi connectivity index (χ4v) is 16.5. The van der Waals surface area contributed by atoms with Crippen LogP contribution < -0.4 is 10.6 Å². The minimum Gasteiger partial charge on any atom is -0.466 e. The molecule has 0 aliphatic carbocycles. The second-order valence-corrected chi connectivity index (χ2v) is 35.5. The molecular formula is C100H192N6O11. The van der Waals surface area contributed by atoms with Crippen LogP contribution in [0.3, 0.4) is 0 Å². The van der Waals surface area contributed by atoms with E-state index in [1.54, 1.807) is 0 Å². The lowest BCUT2D eigenvalue weighted by atomic mass is 10.0. The maximum absolute atomic E-state index is 14.0. The van der Waals surface area contributed by atoms with E-state index in [0.29, 0.717) is 52.0 Å². The quantitative estimate of drug-likeness (QED) is 0.0332. The number of nitrogens with one attached hydrogen (secondary N) is 2. The van der Waals surface area contributed by atoms with Crippen LogP contribution in [0.1, 0.15) is 491 Å². The van der Waals surface area contributed by atoms with Crippen molar-refractivity contribution in [1.29, 1.82) is 0 Å². The lowest BCUT2D eigenvalue weighted by molar-refractivity contribution is -0.151. The molecule has 1 heterocycles. The minimum absolute atomic E-state index is 0.0310. The molecule has 0 bridgehead atoms. The van der Waals surface area contributed by atoms with Gasteiger partial charge in [-0.15, -0.1) is 0 Å². The van der Waals surface area contributed by atoms with Crippen molar-refractivity contribution < 1.29 is 52.5 Å². The van der Waals surface area contributed by atoms with Crippen molar-refractivity contribution in [2.24, 2.45) is 0 Å². The molecule has 1 rings (SSSR count). The summed E-state index contributed by atoms with van der Waals surface area (Å²) in [6.45, 7) is 22.2. The summed E-state index contributed by atoms with van der Waals surface area (Å²) in [5.74, 6) is -1.00. The number of nitrogens with zero attached hydrogens (tertiary/aromatic N) is 4. The Bertz CT molecular complexity index is 2070. The molecule has 688 valence electrons. The molecule has 0 aromatic rings. The van der Waals surface area contributed by atoms with Gasteiger partial charge >= 0.3 is 23.9 Å². The molecule has 0 aromatic carbocycles. The molecule has 0 radical (unpaired) electrons. The van der Waals surface area contributed by atoms with Gasteiger partial charge < -0.3 is 44.3 Å². The van der Waals surface area contributed by atoms with E-state index in [-0.39, 0.29) is 73.4 Å². The van der Waals surface area contributed by atoms with Gasteiger partial charge in [0.1, 0.15) is 25.3 Å². The van der Waals surface area contributed by atoms with E-state index in [2.05, 4.69) is 66.9 Å². The Morgan fingerprint density at radius 1 is 0.282 bits per heavy atom. The van der Waals surface area contributed by atoms with Crippen molar-refractivity contribution in [1.82, 2.24) is 30.2 Å². The van der Waals surface area contributed by atoms with Gasteiger partial charge in [0.15, 0.2) is 0 Å². The number of amides is 3. The first-order valence-corrected chi connectivity index (χ1v) is 51.1. The zero-order valence-electron chi connectivity index (χ0n) is 78.0. The maximum atomic E-state index is 14.0. The SMILES string of the molecule is CCCCCCCCCCCOC(=O)CCCCCN(CCCCCCCC(=O)OC(CCCCCCCC)CCCCCCCC)CCCNC(=O)CN(CC(=O)NCCCN(CCCCCCCC(=O)OC(CCCCCCCC)CCCCCCCC)CCCCCC(=O)OCCCCCCCCCCC)C(=O)CN1CCCC1. The van der Waals surface area contributed by atoms with Crippen LogP contribution in [0, 0.1) is 0 Å². The fourth-order valence-electron chi connectivity index (χ4n) is 16.5. The van der Waals surface area contributed by atoms with Crippen LogP contribution in [0.2, 0.25) is 0 Å². The molecule has 1 aliphatic heterocycles. The Morgan fingerprint density at radius 2 is 0.521 bits per heavy atom. The Morgan fingerprint density at radius 3 is 0.821 bits per heavy atom. The summed E-state index contributed by atoms with van der Waals surface area (Å²) in [4.78, 5) is 102. The highest BCUT2D eigenvalue weighted by atomic mass is 16.6. The molecule has 1 fully saturated rings. The van der Waals surface area contributed by atoms with E-state index >= 15 is 0 Å². The summed E-state index contributed by atoms with van der Waals surface area (Å²) >= 11 is 0. The van der Waals surface area contributed by atoms with Gasteiger partial charge in [-0.05, 0) is 194 Å². The van der Waals surface area contributed by atoms with E-state index in [1.165, 1.54) is 223 Å². The van der Waals surface area contributed by atoms with E-state index < -0.39 is 0 Å². The van der Waals surface area contributed by atoms with Gasteiger partial charge in [0, 0.05) is 38.8 Å². The van der Waals surface area contributed by atoms with Crippen LogP contribution in [-0.2, 0) is 52.5 Å². The van der Waals surface area contributed by atoms with Gasteiger partial charge in [-0.25, -0.2) is 0 Å². The van der Waals surface area contributed by atoms with Crippen LogP contribution >= 0.6 is 0 Å². The van der Waals surface area contributed by atoms with Gasteiger partial charge in [-0.2, -0.15) is 0 Å². The van der Waals surface area contributed by atoms with Gasteiger partial charge in [0.2, 0.25) is 17.7 Å². The first kappa shape index (κ1) is 111. The molecule has 1 saturated heterocycles. The van der Waals surface area contributed by atoms with Crippen molar-refractivity contribution >= 4 is 41.6 Å². The van der Waals surface area contributed by atoms with Crippen molar-refractivity contribution in [2.45, 2.75) is 503 Å². The molecule has 0 unspecified atom stereocenters. The molecule has 17 heteroatoms. The van der Waals surface area contributed by atoms with Crippen LogP contribution in [-0.4, -0.2) is 172 Å². The first-order chi connectivity index (χ1) is 57.4. The average molecular weight is 1650 g/mol. The van der Waals surface area contributed by atoms with Crippen molar-refractivity contribution in [3.8, 4) is 0 Å². The van der Waals surface area contributed by atoms with Gasteiger partial charge in [-0.3, -0.25) is 38.5 Å². The monoisotopic (exact) mass is 1650 g/mol. The second kappa shape index (κ2) is 87.1. The zero-order chi connectivity index (χ0) is 84.9. The largest absolute Gasteiger partial charge is 0.466 e. The smallest absolute Gasteiger partial charge is 0.306 e. The highest BCUT2D eigenvalue weighted by Gasteiger charge is 2.25. The van der Waals surface area contributed by atoms with E-state index in [0.717, 1.165) is 258 Å².